The van der Waals surface area contributed by atoms with Crippen molar-refractivity contribution < 1.29 is 18.0 Å². The molecule has 25 heavy (non-hydrogen) atoms. The fourth-order valence-corrected chi connectivity index (χ4v) is 3.69. The molecule has 0 atom stereocenters. The highest BCUT2D eigenvalue weighted by Gasteiger charge is 2.21. The number of nitrogens with zero attached hydrogens (tertiary/aromatic N) is 3. The first-order valence-corrected chi connectivity index (χ1v) is 9.51. The van der Waals surface area contributed by atoms with Gasteiger partial charge >= 0.3 is 0 Å². The molecule has 0 bridgehead atoms. The number of sulfonamides is 1. The third kappa shape index (κ3) is 4.73. The molecule has 0 saturated carbocycles. The van der Waals surface area contributed by atoms with Crippen molar-refractivity contribution in [1.29, 1.82) is 0 Å². The fourth-order valence-electron chi connectivity index (χ4n) is 1.71. The third-order valence-electron chi connectivity index (χ3n) is 2.99. The molecule has 2 aromatic rings. The Balaban J connectivity index is 2.13. The van der Waals surface area contributed by atoms with E-state index in [-0.39, 0.29) is 33.4 Å². The van der Waals surface area contributed by atoms with Crippen molar-refractivity contribution in [3.05, 3.63) is 29.8 Å². The lowest BCUT2D eigenvalue weighted by Crippen LogP contribution is -2.21. The normalized spacial score (nSPS) is 11.0. The van der Waals surface area contributed by atoms with Crippen LogP contribution in [-0.2, 0) is 14.8 Å². The number of hydrogen-bond donors (Lipinski definition) is 2. The number of nitrogens with one attached hydrogen (secondary N) is 2. The summed E-state index contributed by atoms with van der Waals surface area (Å²) in [7, 11) is -0.680. The minimum Gasteiger partial charge on any atom is -0.345 e. The second kappa shape index (κ2) is 7.57. The van der Waals surface area contributed by atoms with Crippen LogP contribution >= 0.6 is 11.3 Å². The predicted molar refractivity (Wildman–Crippen MR) is 94.1 cm³/mol. The van der Waals surface area contributed by atoms with Crippen molar-refractivity contribution in [2.75, 3.05) is 24.1 Å². The first kappa shape index (κ1) is 18.8. The van der Waals surface area contributed by atoms with Crippen molar-refractivity contribution in [1.82, 2.24) is 15.1 Å². The van der Waals surface area contributed by atoms with E-state index in [4.69, 9.17) is 0 Å². The van der Waals surface area contributed by atoms with E-state index in [0.717, 1.165) is 11.3 Å². The summed E-state index contributed by atoms with van der Waals surface area (Å²) in [6.07, 6.45) is 0.248. The molecule has 9 nitrogen and oxygen atoms in total. The molecule has 0 aliphatic rings. The number of rotatable bonds is 6. The van der Waals surface area contributed by atoms with Crippen LogP contribution in [-0.4, -0.2) is 49.4 Å². The number of carbonyl (C=O) groups excluding carboxylic acids is 2. The largest absolute Gasteiger partial charge is 0.345 e. The van der Waals surface area contributed by atoms with Gasteiger partial charge in [-0.15, -0.1) is 10.2 Å². The molecule has 2 N–H and O–H groups in total. The lowest BCUT2D eigenvalue weighted by Gasteiger charge is -2.11. The molecule has 0 fully saturated rings. The van der Waals surface area contributed by atoms with Gasteiger partial charge in [-0.05, 0) is 24.3 Å². The lowest BCUT2D eigenvalue weighted by atomic mass is 10.2. The zero-order valence-corrected chi connectivity index (χ0v) is 15.4. The highest BCUT2D eigenvalue weighted by Crippen LogP contribution is 2.23. The van der Waals surface area contributed by atoms with Crippen molar-refractivity contribution in [2.24, 2.45) is 0 Å². The van der Waals surface area contributed by atoms with Crippen molar-refractivity contribution in [3.63, 3.8) is 0 Å². The quantitative estimate of drug-likeness (QED) is 0.727. The Hall–Kier alpha value is -2.53. The molecule has 1 aromatic heterocycles. The van der Waals surface area contributed by atoms with Gasteiger partial charge in [0.1, 0.15) is 0 Å². The Morgan fingerprint density at radius 3 is 2.36 bits per heavy atom. The van der Waals surface area contributed by atoms with Crippen LogP contribution in [0.5, 0.6) is 0 Å². The summed E-state index contributed by atoms with van der Waals surface area (Å²) in [4.78, 5) is 24.5. The first-order chi connectivity index (χ1) is 11.7. The van der Waals surface area contributed by atoms with Crippen LogP contribution in [0.25, 0.3) is 0 Å². The van der Waals surface area contributed by atoms with Crippen LogP contribution in [0.1, 0.15) is 23.7 Å². The van der Waals surface area contributed by atoms with Gasteiger partial charge in [-0.25, -0.2) is 0 Å². The van der Waals surface area contributed by atoms with Gasteiger partial charge in [-0.3, -0.25) is 14.3 Å². The summed E-state index contributed by atoms with van der Waals surface area (Å²) < 4.78 is 26.7. The van der Waals surface area contributed by atoms with Crippen LogP contribution < -0.4 is 10.0 Å². The second-order valence-electron chi connectivity index (χ2n) is 5.16. The number of carbonyl (C=O) groups is 2. The molecular weight excluding hydrogens is 366 g/mol. The van der Waals surface area contributed by atoms with E-state index in [9.17, 15) is 18.0 Å². The number of aromatic nitrogens is 2. The Morgan fingerprint density at radius 1 is 1.16 bits per heavy atom. The van der Waals surface area contributed by atoms with E-state index in [2.05, 4.69) is 20.2 Å². The lowest BCUT2D eigenvalue weighted by molar-refractivity contribution is -0.115. The van der Waals surface area contributed by atoms with Crippen LogP contribution in [0.2, 0.25) is 0 Å². The summed E-state index contributed by atoms with van der Waals surface area (Å²) >= 11 is 0.749. The summed E-state index contributed by atoms with van der Waals surface area (Å²) in [6.45, 7) is 1.67. The summed E-state index contributed by atoms with van der Waals surface area (Å²) in [6, 6.07) is 6.00. The molecule has 0 aliphatic carbocycles. The summed E-state index contributed by atoms with van der Waals surface area (Å²) in [5.74, 6) is -0.468. The molecular formula is C14H17N5O4S2. The monoisotopic (exact) mass is 383 g/mol. The van der Waals surface area contributed by atoms with Crippen LogP contribution in [0, 0.1) is 0 Å². The molecule has 2 rings (SSSR count). The maximum absolute atomic E-state index is 12.3. The fraction of sp³-hybridized carbons (Fsp3) is 0.286. The van der Waals surface area contributed by atoms with Crippen molar-refractivity contribution in [3.8, 4) is 0 Å². The van der Waals surface area contributed by atoms with Crippen molar-refractivity contribution >= 4 is 44.0 Å². The minimum atomic E-state index is -3.94. The van der Waals surface area contributed by atoms with Crippen LogP contribution in [0.3, 0.4) is 0 Å². The maximum Gasteiger partial charge on any atom is 0.291 e. The van der Waals surface area contributed by atoms with E-state index in [0.29, 0.717) is 5.56 Å². The minimum absolute atomic E-state index is 0.110. The molecule has 0 aliphatic heterocycles. The predicted octanol–water partition coefficient (Wildman–Crippen LogP) is 1.39. The van der Waals surface area contributed by atoms with Gasteiger partial charge in [0, 0.05) is 31.8 Å². The van der Waals surface area contributed by atoms with Crippen LogP contribution in [0.4, 0.5) is 10.8 Å². The smallest absolute Gasteiger partial charge is 0.291 e. The SMILES string of the molecule is CCC(=O)Nc1nnc(S(=O)(=O)Nc2ccc(C(=O)N(C)C)cc2)s1. The summed E-state index contributed by atoms with van der Waals surface area (Å²) in [5, 5.41) is 9.78. The van der Waals surface area contributed by atoms with E-state index in [1.807, 2.05) is 0 Å². The van der Waals surface area contributed by atoms with Crippen LogP contribution in [0.15, 0.2) is 28.6 Å². The molecule has 0 spiro atoms. The Labute approximate surface area is 149 Å². The molecule has 0 saturated heterocycles. The molecule has 2 amide bonds. The molecule has 11 heteroatoms. The number of anilines is 2. The standard InChI is InChI=1S/C14H17N5O4S2/c1-4-11(20)15-13-16-17-14(24-13)25(22,23)18-10-7-5-9(6-8-10)12(21)19(2)3/h5-8,18H,4H2,1-3H3,(H,15,16,20). The van der Waals surface area contributed by atoms with Crippen molar-refractivity contribution in [2.45, 2.75) is 17.7 Å². The number of benzene rings is 1. The van der Waals surface area contributed by atoms with E-state index in [1.165, 1.54) is 29.2 Å². The van der Waals surface area contributed by atoms with Gasteiger partial charge in [0.25, 0.3) is 20.3 Å². The van der Waals surface area contributed by atoms with Gasteiger partial charge in [0.15, 0.2) is 0 Å². The zero-order valence-electron chi connectivity index (χ0n) is 13.8. The highest BCUT2D eigenvalue weighted by atomic mass is 32.2. The summed E-state index contributed by atoms with van der Waals surface area (Å²) in [5.41, 5.74) is 0.720. The Morgan fingerprint density at radius 2 is 1.80 bits per heavy atom. The molecule has 1 aromatic carbocycles. The van der Waals surface area contributed by atoms with E-state index >= 15 is 0 Å². The van der Waals surface area contributed by atoms with Gasteiger partial charge in [-0.2, -0.15) is 8.42 Å². The zero-order chi connectivity index (χ0) is 18.6. The molecule has 134 valence electrons. The number of amides is 2. The second-order valence-corrected chi connectivity index (χ2v) is 7.99. The average molecular weight is 383 g/mol. The maximum atomic E-state index is 12.3. The average Bonchev–Trinajstić information content (AvgIpc) is 3.03. The highest BCUT2D eigenvalue weighted by molar-refractivity contribution is 7.94. The molecule has 0 radical (unpaired) electrons. The first-order valence-electron chi connectivity index (χ1n) is 7.21. The van der Waals surface area contributed by atoms with Gasteiger partial charge in [0.2, 0.25) is 11.0 Å². The molecule has 0 unspecified atom stereocenters. The molecule has 1 heterocycles. The number of hydrogen-bond acceptors (Lipinski definition) is 7. The van der Waals surface area contributed by atoms with Gasteiger partial charge < -0.3 is 10.2 Å². The topological polar surface area (TPSA) is 121 Å². The van der Waals surface area contributed by atoms with Gasteiger partial charge in [0.05, 0.1) is 0 Å². The Kier molecular flexibility index (Phi) is 5.69. The van der Waals surface area contributed by atoms with E-state index < -0.39 is 10.0 Å². The van der Waals surface area contributed by atoms with Gasteiger partial charge in [-0.1, -0.05) is 18.3 Å². The third-order valence-corrected chi connectivity index (χ3v) is 5.58. The Bertz CT molecular complexity index is 875. The van der Waals surface area contributed by atoms with E-state index in [1.54, 1.807) is 21.0 Å².